The van der Waals surface area contributed by atoms with Crippen LogP contribution in [0.2, 0.25) is 0 Å². The molecule has 1 aliphatic carbocycles. The maximum absolute atomic E-state index is 11.1. The number of carbonyl (C=O) groups is 1. The van der Waals surface area contributed by atoms with Gasteiger partial charge in [-0.2, -0.15) is 0 Å². The molecular weight excluding hydrogens is 276 g/mol. The van der Waals surface area contributed by atoms with E-state index in [0.29, 0.717) is 24.2 Å². The molecule has 1 aliphatic rings. The van der Waals surface area contributed by atoms with Crippen molar-refractivity contribution in [2.75, 3.05) is 0 Å². The number of aliphatic carboxylic acids is 1. The molecule has 1 fully saturated rings. The second-order valence-corrected chi connectivity index (χ2v) is 5.61. The lowest BCUT2D eigenvalue weighted by Gasteiger charge is -2.19. The van der Waals surface area contributed by atoms with Crippen LogP contribution in [0.3, 0.4) is 0 Å². The third kappa shape index (κ3) is 2.97. The van der Waals surface area contributed by atoms with E-state index >= 15 is 0 Å². The van der Waals surface area contributed by atoms with Gasteiger partial charge in [0.25, 0.3) is 5.69 Å². The molecule has 0 radical (unpaired) electrons. The van der Waals surface area contributed by atoms with Crippen molar-refractivity contribution >= 4 is 11.7 Å². The molecule has 0 amide bonds. The summed E-state index contributed by atoms with van der Waals surface area (Å²) in [5, 5.41) is 20.1. The average Bonchev–Trinajstić information content (AvgIpc) is 2.75. The minimum Gasteiger partial charge on any atom is -0.490 e. The maximum Gasteiger partial charge on any atom is 0.323 e. The average molecular weight is 294 g/mol. The van der Waals surface area contributed by atoms with Crippen molar-refractivity contribution in [2.45, 2.75) is 44.8 Å². The summed E-state index contributed by atoms with van der Waals surface area (Å²) < 4.78 is 5.75. The highest BCUT2D eigenvalue weighted by molar-refractivity contribution is 5.79. The number of nitro groups is 1. The van der Waals surface area contributed by atoms with Crippen LogP contribution in [0.1, 0.15) is 30.4 Å². The van der Waals surface area contributed by atoms with E-state index in [1.54, 1.807) is 19.9 Å². The van der Waals surface area contributed by atoms with Crippen LogP contribution >= 0.6 is 0 Å². The van der Waals surface area contributed by atoms with Gasteiger partial charge in [0.2, 0.25) is 0 Å². The summed E-state index contributed by atoms with van der Waals surface area (Å²) in [6.07, 6.45) is 0.708. The van der Waals surface area contributed by atoms with Crippen LogP contribution in [0.15, 0.2) is 12.1 Å². The third-order valence-electron chi connectivity index (χ3n) is 3.91. The summed E-state index contributed by atoms with van der Waals surface area (Å²) in [6.45, 7) is 3.47. The van der Waals surface area contributed by atoms with Gasteiger partial charge in [-0.15, -0.1) is 0 Å². The molecule has 0 spiro atoms. The Morgan fingerprint density at radius 1 is 1.48 bits per heavy atom. The van der Waals surface area contributed by atoms with E-state index in [-0.39, 0.29) is 18.2 Å². The molecule has 2 unspecified atom stereocenters. The Labute approximate surface area is 121 Å². The number of hydrogen-bond acceptors (Lipinski definition) is 5. The van der Waals surface area contributed by atoms with Crippen molar-refractivity contribution in [1.29, 1.82) is 0 Å². The summed E-state index contributed by atoms with van der Waals surface area (Å²) in [4.78, 5) is 21.6. The fraction of sp³-hybridized carbons (Fsp3) is 0.500. The molecule has 1 aromatic rings. The van der Waals surface area contributed by atoms with Gasteiger partial charge in [0.15, 0.2) is 0 Å². The van der Waals surface area contributed by atoms with Gasteiger partial charge in [0.05, 0.1) is 11.0 Å². The SMILES string of the molecule is Cc1cc(C)c([N+](=O)[O-])cc1OC1CCC(N)(C(=O)O)C1. The number of nitro benzene ring substituents is 1. The highest BCUT2D eigenvalue weighted by atomic mass is 16.6. The molecule has 3 N–H and O–H groups in total. The zero-order valence-corrected chi connectivity index (χ0v) is 12.0. The van der Waals surface area contributed by atoms with Crippen molar-refractivity contribution in [3.8, 4) is 5.75 Å². The van der Waals surface area contributed by atoms with Gasteiger partial charge in [-0.25, -0.2) is 0 Å². The van der Waals surface area contributed by atoms with Crippen molar-refractivity contribution in [3.05, 3.63) is 33.4 Å². The number of benzene rings is 1. The van der Waals surface area contributed by atoms with Crippen LogP contribution in [0.25, 0.3) is 0 Å². The molecule has 0 bridgehead atoms. The second-order valence-electron chi connectivity index (χ2n) is 5.61. The zero-order valence-electron chi connectivity index (χ0n) is 12.0. The van der Waals surface area contributed by atoms with Gasteiger partial charge in [0, 0.05) is 12.0 Å². The van der Waals surface area contributed by atoms with E-state index in [1.807, 2.05) is 0 Å². The number of hydrogen-bond donors (Lipinski definition) is 2. The van der Waals surface area contributed by atoms with E-state index in [4.69, 9.17) is 15.6 Å². The summed E-state index contributed by atoms with van der Waals surface area (Å²) in [5.41, 5.74) is 5.87. The molecule has 114 valence electrons. The van der Waals surface area contributed by atoms with Gasteiger partial charge in [-0.3, -0.25) is 14.9 Å². The van der Waals surface area contributed by atoms with Crippen LogP contribution in [0.4, 0.5) is 5.69 Å². The van der Waals surface area contributed by atoms with Gasteiger partial charge in [-0.1, -0.05) is 0 Å². The predicted molar refractivity (Wildman–Crippen MR) is 75.4 cm³/mol. The van der Waals surface area contributed by atoms with Crippen molar-refractivity contribution < 1.29 is 19.6 Å². The zero-order chi connectivity index (χ0) is 15.8. The maximum atomic E-state index is 11.1. The topological polar surface area (TPSA) is 116 Å². The normalized spacial score (nSPS) is 24.8. The number of rotatable bonds is 4. The second kappa shape index (κ2) is 5.33. The molecule has 0 heterocycles. The number of nitrogens with two attached hydrogens (primary N) is 1. The summed E-state index contributed by atoms with van der Waals surface area (Å²) >= 11 is 0. The third-order valence-corrected chi connectivity index (χ3v) is 3.91. The lowest BCUT2D eigenvalue weighted by Crippen LogP contribution is -2.46. The number of carboxylic acid groups (broad SMARTS) is 1. The lowest BCUT2D eigenvalue weighted by molar-refractivity contribution is -0.385. The number of nitrogens with zero attached hydrogens (tertiary/aromatic N) is 1. The van der Waals surface area contributed by atoms with Crippen LogP contribution in [0.5, 0.6) is 5.75 Å². The Morgan fingerprint density at radius 3 is 2.67 bits per heavy atom. The number of carboxylic acids is 1. The van der Waals surface area contributed by atoms with E-state index in [9.17, 15) is 14.9 Å². The van der Waals surface area contributed by atoms with Crippen molar-refractivity contribution in [3.63, 3.8) is 0 Å². The smallest absolute Gasteiger partial charge is 0.323 e. The van der Waals surface area contributed by atoms with Crippen LogP contribution in [0, 0.1) is 24.0 Å². The summed E-state index contributed by atoms with van der Waals surface area (Å²) in [7, 11) is 0. The minimum atomic E-state index is -1.27. The van der Waals surface area contributed by atoms with Gasteiger partial charge < -0.3 is 15.6 Å². The fourth-order valence-corrected chi connectivity index (χ4v) is 2.65. The molecule has 0 saturated heterocycles. The summed E-state index contributed by atoms with van der Waals surface area (Å²) in [5.74, 6) is -0.632. The first-order valence-electron chi connectivity index (χ1n) is 6.67. The van der Waals surface area contributed by atoms with Crippen molar-refractivity contribution in [2.24, 2.45) is 5.73 Å². The van der Waals surface area contributed by atoms with Gasteiger partial charge in [0.1, 0.15) is 17.4 Å². The van der Waals surface area contributed by atoms with E-state index in [1.165, 1.54) is 6.07 Å². The highest BCUT2D eigenvalue weighted by Crippen LogP contribution is 2.34. The molecule has 1 aromatic carbocycles. The Morgan fingerprint density at radius 2 is 2.14 bits per heavy atom. The quantitative estimate of drug-likeness (QED) is 0.647. The monoisotopic (exact) mass is 294 g/mol. The van der Waals surface area contributed by atoms with E-state index < -0.39 is 16.4 Å². The molecule has 2 rings (SSSR count). The lowest BCUT2D eigenvalue weighted by atomic mass is 10.00. The Hall–Kier alpha value is -2.15. The molecule has 0 aliphatic heterocycles. The molecular formula is C14H18N2O5. The Bertz CT molecular complexity index is 601. The van der Waals surface area contributed by atoms with Crippen LogP contribution in [-0.4, -0.2) is 27.6 Å². The van der Waals surface area contributed by atoms with Crippen LogP contribution < -0.4 is 10.5 Å². The molecule has 2 atom stereocenters. The van der Waals surface area contributed by atoms with Gasteiger partial charge in [-0.05, 0) is 38.3 Å². The Kier molecular flexibility index (Phi) is 3.87. The van der Waals surface area contributed by atoms with E-state index in [2.05, 4.69) is 0 Å². The largest absolute Gasteiger partial charge is 0.490 e. The first-order chi connectivity index (χ1) is 9.73. The molecule has 1 saturated carbocycles. The fourth-order valence-electron chi connectivity index (χ4n) is 2.65. The highest BCUT2D eigenvalue weighted by Gasteiger charge is 2.43. The molecule has 21 heavy (non-hydrogen) atoms. The van der Waals surface area contributed by atoms with Crippen LogP contribution in [-0.2, 0) is 4.79 Å². The standard InChI is InChI=1S/C14H18N2O5/c1-8-5-9(2)12(6-11(8)16(19)20)21-10-3-4-14(15,7-10)13(17)18/h5-6,10H,3-4,7,15H2,1-2H3,(H,17,18). The predicted octanol–water partition coefficient (Wildman–Crippen LogP) is 1.93. The first-order valence-corrected chi connectivity index (χ1v) is 6.67. The Balaban J connectivity index is 2.20. The molecule has 0 aromatic heterocycles. The van der Waals surface area contributed by atoms with Crippen molar-refractivity contribution in [1.82, 2.24) is 0 Å². The number of ether oxygens (including phenoxy) is 1. The minimum absolute atomic E-state index is 0.00848. The van der Waals surface area contributed by atoms with E-state index in [0.717, 1.165) is 5.56 Å². The number of aryl methyl sites for hydroxylation is 2. The van der Waals surface area contributed by atoms with Gasteiger partial charge >= 0.3 is 5.97 Å². The summed E-state index contributed by atoms with van der Waals surface area (Å²) in [6, 6.07) is 3.08. The molecule has 7 nitrogen and oxygen atoms in total. The molecule has 7 heteroatoms. The first kappa shape index (κ1) is 15.2.